The average molecular weight is 562 g/mol. The first-order valence-electron chi connectivity index (χ1n) is 13.2. The Bertz CT molecular complexity index is 1240. The van der Waals surface area contributed by atoms with Gasteiger partial charge in [-0.2, -0.15) is 0 Å². The highest BCUT2D eigenvalue weighted by Gasteiger charge is 2.42. The van der Waals surface area contributed by atoms with Crippen LogP contribution in [0.2, 0.25) is 5.02 Å². The van der Waals surface area contributed by atoms with E-state index in [0.717, 1.165) is 23.5 Å². The van der Waals surface area contributed by atoms with Crippen LogP contribution >= 0.6 is 11.6 Å². The van der Waals surface area contributed by atoms with Gasteiger partial charge in [-0.1, -0.05) is 24.6 Å². The van der Waals surface area contributed by atoms with Crippen LogP contribution in [0.4, 0.5) is 15.0 Å². The highest BCUT2D eigenvalue weighted by atomic mass is 35.5. The third-order valence-corrected chi connectivity index (χ3v) is 8.00. The zero-order valence-electron chi connectivity index (χ0n) is 23.3. The molecule has 212 valence electrons. The lowest BCUT2D eigenvalue weighted by Crippen LogP contribution is -2.62. The first-order valence-corrected chi connectivity index (χ1v) is 13.6. The van der Waals surface area contributed by atoms with Crippen LogP contribution in [0.1, 0.15) is 69.9 Å². The molecule has 2 aliphatic rings. The molecule has 11 heteroatoms. The Kier molecular flexibility index (Phi) is 8.37. The summed E-state index contributed by atoms with van der Waals surface area (Å²) < 4.78 is 19.9. The van der Waals surface area contributed by atoms with E-state index in [4.69, 9.17) is 16.3 Å². The van der Waals surface area contributed by atoms with Crippen molar-refractivity contribution >= 4 is 29.4 Å². The average Bonchev–Trinajstić information content (AvgIpc) is 3.20. The van der Waals surface area contributed by atoms with Gasteiger partial charge in [0.25, 0.3) is 0 Å². The molecule has 0 spiro atoms. The molecule has 1 aromatic carbocycles. The molecular weight excluding hydrogens is 525 g/mol. The molecule has 0 bridgehead atoms. The number of rotatable bonds is 6. The number of aromatic nitrogens is 2. The second kappa shape index (κ2) is 11.3. The van der Waals surface area contributed by atoms with Crippen LogP contribution in [0, 0.1) is 5.82 Å². The Balaban J connectivity index is 1.60. The van der Waals surface area contributed by atoms with Gasteiger partial charge < -0.3 is 19.6 Å². The number of amides is 2. The number of carbonyl (C=O) groups excluding carboxylic acids is 1. The van der Waals surface area contributed by atoms with Crippen LogP contribution in [-0.2, 0) is 16.0 Å². The van der Waals surface area contributed by atoms with Crippen LogP contribution in [0.3, 0.4) is 0 Å². The lowest BCUT2D eigenvalue weighted by atomic mass is 9.96. The summed E-state index contributed by atoms with van der Waals surface area (Å²) in [7, 11) is 1.69. The fourth-order valence-corrected chi connectivity index (χ4v) is 5.98. The first-order chi connectivity index (χ1) is 18.3. The number of carbonyl (C=O) groups is 2. The minimum Gasteiger partial charge on any atom is -0.465 e. The van der Waals surface area contributed by atoms with Gasteiger partial charge in [0.05, 0.1) is 10.7 Å². The molecular formula is C28H37ClFN5O4. The first kappa shape index (κ1) is 29.0. The monoisotopic (exact) mass is 561 g/mol. The van der Waals surface area contributed by atoms with E-state index in [1.165, 1.54) is 17.0 Å². The fraction of sp³-hybridized carbons (Fsp3) is 0.571. The van der Waals surface area contributed by atoms with Gasteiger partial charge in [-0.3, -0.25) is 9.69 Å². The van der Waals surface area contributed by atoms with E-state index < -0.39 is 23.5 Å². The summed E-state index contributed by atoms with van der Waals surface area (Å²) in [6.45, 7) is 10.7. The largest absolute Gasteiger partial charge is 0.465 e. The molecule has 0 radical (unpaired) electrons. The molecule has 0 unspecified atom stereocenters. The number of fused-ring (bicyclic) bond motifs is 1. The zero-order valence-corrected chi connectivity index (χ0v) is 24.1. The summed E-state index contributed by atoms with van der Waals surface area (Å²) in [4.78, 5) is 40.6. The van der Waals surface area contributed by atoms with E-state index in [2.05, 4.69) is 21.8 Å². The topological polar surface area (TPSA) is 99.1 Å². The predicted octanol–water partition coefficient (Wildman–Crippen LogP) is 4.89. The number of carboxylic acid groups (broad SMARTS) is 1. The lowest BCUT2D eigenvalue weighted by Gasteiger charge is -2.45. The SMILES string of the molecule is CO[C@@H]1C[C@@H](C)c2c1ncnc2N1CCN(C(=O)[C@@H](Cc2ccc(Cl)c(F)c2)N(C(=O)O)C(C)(C)C)C[C@@H]1C. The van der Waals surface area contributed by atoms with E-state index in [1.807, 2.05) is 6.92 Å². The lowest BCUT2D eigenvalue weighted by molar-refractivity contribution is -0.139. The van der Waals surface area contributed by atoms with Crippen molar-refractivity contribution in [2.45, 2.75) is 77.1 Å². The van der Waals surface area contributed by atoms with Crippen LogP contribution in [0.5, 0.6) is 0 Å². The van der Waals surface area contributed by atoms with Crippen LogP contribution in [0.15, 0.2) is 24.5 Å². The third kappa shape index (κ3) is 5.82. The van der Waals surface area contributed by atoms with Crippen molar-refractivity contribution in [2.24, 2.45) is 0 Å². The minimum absolute atomic E-state index is 0.0279. The molecule has 1 aromatic heterocycles. The maximum absolute atomic E-state index is 14.2. The number of ether oxygens (including phenoxy) is 1. The van der Waals surface area contributed by atoms with E-state index in [9.17, 15) is 19.1 Å². The molecule has 1 aliphatic carbocycles. The van der Waals surface area contributed by atoms with Gasteiger partial charge >= 0.3 is 6.09 Å². The van der Waals surface area contributed by atoms with Crippen molar-refractivity contribution < 1.29 is 23.8 Å². The van der Waals surface area contributed by atoms with E-state index in [0.29, 0.717) is 25.2 Å². The number of halogens is 2. The van der Waals surface area contributed by atoms with Gasteiger partial charge in [0.15, 0.2) is 0 Å². The number of methoxy groups -OCH3 is 1. The molecule has 4 rings (SSSR count). The molecule has 1 fully saturated rings. The van der Waals surface area contributed by atoms with E-state index in [1.54, 1.807) is 45.2 Å². The summed E-state index contributed by atoms with van der Waals surface area (Å²) >= 11 is 5.85. The number of anilines is 1. The van der Waals surface area contributed by atoms with Gasteiger partial charge in [0, 0.05) is 50.3 Å². The van der Waals surface area contributed by atoms with Gasteiger partial charge in [0.2, 0.25) is 5.91 Å². The fourth-order valence-electron chi connectivity index (χ4n) is 5.87. The summed E-state index contributed by atoms with van der Waals surface area (Å²) in [5, 5.41) is 10.1. The van der Waals surface area contributed by atoms with Gasteiger partial charge in [0.1, 0.15) is 30.1 Å². The molecule has 2 aromatic rings. The smallest absolute Gasteiger partial charge is 0.408 e. The molecule has 39 heavy (non-hydrogen) atoms. The summed E-state index contributed by atoms with van der Waals surface area (Å²) in [5.41, 5.74) is 1.64. The second-order valence-electron chi connectivity index (χ2n) is 11.5. The predicted molar refractivity (Wildman–Crippen MR) is 147 cm³/mol. The normalized spacial score (nSPS) is 22.0. The second-order valence-corrected chi connectivity index (χ2v) is 11.9. The number of hydrogen-bond donors (Lipinski definition) is 1. The number of hydrogen-bond acceptors (Lipinski definition) is 6. The van der Waals surface area contributed by atoms with Crippen molar-refractivity contribution in [3.05, 3.63) is 52.2 Å². The van der Waals surface area contributed by atoms with E-state index in [-0.39, 0.29) is 35.4 Å². The maximum atomic E-state index is 14.2. The maximum Gasteiger partial charge on any atom is 0.408 e. The molecule has 1 saturated heterocycles. The van der Waals surface area contributed by atoms with Crippen molar-refractivity contribution in [2.75, 3.05) is 31.6 Å². The minimum atomic E-state index is -1.21. The zero-order chi connectivity index (χ0) is 28.6. The summed E-state index contributed by atoms with van der Waals surface area (Å²) in [5.74, 6) is 0.187. The van der Waals surface area contributed by atoms with Crippen LogP contribution in [0.25, 0.3) is 0 Å². The van der Waals surface area contributed by atoms with Crippen molar-refractivity contribution in [3.8, 4) is 0 Å². The highest BCUT2D eigenvalue weighted by molar-refractivity contribution is 6.30. The van der Waals surface area contributed by atoms with E-state index >= 15 is 0 Å². The summed E-state index contributed by atoms with van der Waals surface area (Å²) in [6.07, 6.45) is 1.17. The molecule has 2 heterocycles. The van der Waals surface area contributed by atoms with Crippen LogP contribution < -0.4 is 4.90 Å². The number of benzene rings is 1. The molecule has 1 aliphatic heterocycles. The molecule has 9 nitrogen and oxygen atoms in total. The Morgan fingerprint density at radius 2 is 1.97 bits per heavy atom. The van der Waals surface area contributed by atoms with Crippen molar-refractivity contribution in [3.63, 3.8) is 0 Å². The Labute approximate surface area is 233 Å². The third-order valence-electron chi connectivity index (χ3n) is 7.69. The number of piperazine rings is 1. The molecule has 4 atom stereocenters. The molecule has 0 saturated carbocycles. The Morgan fingerprint density at radius 1 is 1.26 bits per heavy atom. The quantitative estimate of drug-likeness (QED) is 0.536. The summed E-state index contributed by atoms with van der Waals surface area (Å²) in [6, 6.07) is 3.20. The van der Waals surface area contributed by atoms with Gasteiger partial charge in [-0.05, 0) is 57.7 Å². The van der Waals surface area contributed by atoms with Crippen molar-refractivity contribution in [1.29, 1.82) is 0 Å². The molecule has 1 N–H and O–H groups in total. The van der Waals surface area contributed by atoms with Gasteiger partial charge in [-0.25, -0.2) is 19.2 Å². The standard InChI is InChI=1S/C28H37ClFN5O4/c1-16-11-22(39-6)24-23(16)25(32-15-31-24)34-10-9-33(14-17(34)2)26(36)21(35(27(37)38)28(3,4)5)13-18-7-8-19(29)20(30)12-18/h7-8,12,15-17,21-22H,9-11,13-14H2,1-6H3,(H,37,38)/t16-,17+,21-,22-/m1/s1. The Morgan fingerprint density at radius 3 is 2.56 bits per heavy atom. The van der Waals surface area contributed by atoms with Gasteiger partial charge in [-0.15, -0.1) is 0 Å². The Hall–Kier alpha value is -2.98. The van der Waals surface area contributed by atoms with Crippen LogP contribution in [-0.4, -0.2) is 81.2 Å². The number of nitrogens with zero attached hydrogens (tertiary/aromatic N) is 5. The highest BCUT2D eigenvalue weighted by Crippen LogP contribution is 2.44. The molecule has 2 amide bonds. The van der Waals surface area contributed by atoms with Crippen molar-refractivity contribution in [1.82, 2.24) is 19.8 Å².